The third-order valence-electron chi connectivity index (χ3n) is 5.17. The van der Waals surface area contributed by atoms with E-state index in [9.17, 15) is 4.79 Å². The number of amides is 1. The number of rotatable bonds is 4. The second-order valence-electron chi connectivity index (χ2n) is 7.30. The summed E-state index contributed by atoms with van der Waals surface area (Å²) in [5, 5.41) is 19.5. The smallest absolute Gasteiger partial charge is 0.228 e. The zero-order valence-electron chi connectivity index (χ0n) is 16.9. The summed E-state index contributed by atoms with van der Waals surface area (Å²) in [6.45, 7) is 6.84. The quantitative estimate of drug-likeness (QED) is 0.666. The Kier molecular flexibility index (Phi) is 4.89. The van der Waals surface area contributed by atoms with E-state index >= 15 is 0 Å². The molecule has 0 aromatic carbocycles. The van der Waals surface area contributed by atoms with Gasteiger partial charge in [-0.25, -0.2) is 4.98 Å². The van der Waals surface area contributed by atoms with Gasteiger partial charge in [-0.15, -0.1) is 10.2 Å². The molecule has 0 radical (unpaired) electrons. The van der Waals surface area contributed by atoms with Crippen LogP contribution >= 0.6 is 0 Å². The molecule has 29 heavy (non-hydrogen) atoms. The van der Waals surface area contributed by atoms with E-state index in [1.165, 1.54) is 0 Å². The Morgan fingerprint density at radius 2 is 2.07 bits per heavy atom. The summed E-state index contributed by atoms with van der Waals surface area (Å²) in [6, 6.07) is 1.81. The third-order valence-corrected chi connectivity index (χ3v) is 5.17. The molecule has 0 spiro atoms. The first-order valence-corrected chi connectivity index (χ1v) is 9.71. The van der Waals surface area contributed by atoms with Gasteiger partial charge in [0.05, 0.1) is 16.8 Å². The second kappa shape index (κ2) is 7.51. The Balaban J connectivity index is 1.73. The van der Waals surface area contributed by atoms with Crippen molar-refractivity contribution in [2.24, 2.45) is 11.8 Å². The van der Waals surface area contributed by atoms with E-state index in [0.29, 0.717) is 28.6 Å². The van der Waals surface area contributed by atoms with Gasteiger partial charge in [-0.05, 0) is 32.3 Å². The lowest BCUT2D eigenvalue weighted by molar-refractivity contribution is -0.117. The molecule has 0 unspecified atom stereocenters. The molecule has 8 nitrogen and oxygen atoms in total. The fourth-order valence-corrected chi connectivity index (χ4v) is 3.22. The molecule has 0 aliphatic heterocycles. The summed E-state index contributed by atoms with van der Waals surface area (Å²) in [5.41, 5.74) is 3.08. The maximum absolute atomic E-state index is 12.3. The predicted molar refractivity (Wildman–Crippen MR) is 111 cm³/mol. The van der Waals surface area contributed by atoms with Crippen molar-refractivity contribution < 1.29 is 4.79 Å². The van der Waals surface area contributed by atoms with Crippen LogP contribution in [0.1, 0.15) is 37.1 Å². The van der Waals surface area contributed by atoms with Gasteiger partial charge in [-0.1, -0.05) is 18.8 Å². The lowest BCUT2D eigenvalue weighted by atomic mass is 10.1. The molecule has 4 rings (SSSR count). The van der Waals surface area contributed by atoms with E-state index in [0.717, 1.165) is 29.6 Å². The molecular formula is C21H23N7O. The number of fused-ring (bicyclic) bond motifs is 1. The zero-order chi connectivity index (χ0) is 20.5. The maximum Gasteiger partial charge on any atom is 0.228 e. The Morgan fingerprint density at radius 3 is 2.72 bits per heavy atom. The standard InChI is InChI=1S/C21H23N7O/c1-5-28-11-15(13(3)27-28)7-6-14-10-23-20(22-4)19-17(14)9-18(25-26-19)24-21(29)16-8-12(16)2/h9-12,16H,5,8H2,1-4H3,(H,22,23)(H,24,25,29)/t12-,16+/m1/s1. The van der Waals surface area contributed by atoms with Gasteiger partial charge in [0.1, 0.15) is 5.52 Å². The summed E-state index contributed by atoms with van der Waals surface area (Å²) in [4.78, 5) is 16.7. The van der Waals surface area contributed by atoms with Crippen LogP contribution in [0, 0.1) is 30.6 Å². The molecule has 1 amide bonds. The molecular weight excluding hydrogens is 366 g/mol. The van der Waals surface area contributed by atoms with Gasteiger partial charge in [0.2, 0.25) is 5.91 Å². The van der Waals surface area contributed by atoms with Crippen LogP contribution in [0.4, 0.5) is 11.6 Å². The van der Waals surface area contributed by atoms with Crippen LogP contribution in [-0.4, -0.2) is 37.9 Å². The van der Waals surface area contributed by atoms with Crippen molar-refractivity contribution in [3.05, 3.63) is 35.3 Å². The van der Waals surface area contributed by atoms with Gasteiger partial charge in [0, 0.05) is 37.3 Å². The Labute approximate surface area is 169 Å². The van der Waals surface area contributed by atoms with Crippen molar-refractivity contribution in [1.29, 1.82) is 0 Å². The molecule has 3 aromatic heterocycles. The van der Waals surface area contributed by atoms with E-state index in [1.54, 1.807) is 13.2 Å². The van der Waals surface area contributed by atoms with Crippen molar-refractivity contribution in [1.82, 2.24) is 25.0 Å². The largest absolute Gasteiger partial charge is 0.371 e. The molecule has 0 bridgehead atoms. The number of carbonyl (C=O) groups excluding carboxylic acids is 1. The average molecular weight is 389 g/mol. The van der Waals surface area contributed by atoms with Gasteiger partial charge in [0.25, 0.3) is 0 Å². The molecule has 2 atom stereocenters. The van der Waals surface area contributed by atoms with Crippen LogP contribution in [0.2, 0.25) is 0 Å². The van der Waals surface area contributed by atoms with Crippen molar-refractivity contribution in [3.63, 3.8) is 0 Å². The average Bonchev–Trinajstić information content (AvgIpc) is 3.35. The highest BCUT2D eigenvalue weighted by molar-refractivity contribution is 5.97. The Bertz CT molecular complexity index is 1160. The molecule has 1 fully saturated rings. The Hall–Kier alpha value is -3.47. The lowest BCUT2D eigenvalue weighted by Crippen LogP contribution is -2.16. The molecule has 8 heteroatoms. The number of anilines is 2. The van der Waals surface area contributed by atoms with E-state index in [1.807, 2.05) is 30.8 Å². The van der Waals surface area contributed by atoms with E-state index in [4.69, 9.17) is 0 Å². The number of carbonyl (C=O) groups is 1. The molecule has 1 aliphatic carbocycles. The lowest BCUT2D eigenvalue weighted by Gasteiger charge is -2.08. The van der Waals surface area contributed by atoms with Gasteiger partial charge >= 0.3 is 0 Å². The first kappa shape index (κ1) is 18.9. The van der Waals surface area contributed by atoms with E-state index in [2.05, 4.69) is 49.7 Å². The highest BCUT2D eigenvalue weighted by Gasteiger charge is 2.39. The van der Waals surface area contributed by atoms with Crippen LogP contribution in [0.25, 0.3) is 10.9 Å². The molecule has 1 saturated carbocycles. The van der Waals surface area contributed by atoms with Crippen molar-refractivity contribution >= 4 is 28.4 Å². The van der Waals surface area contributed by atoms with Gasteiger partial charge < -0.3 is 10.6 Å². The van der Waals surface area contributed by atoms with Crippen molar-refractivity contribution in [2.45, 2.75) is 33.7 Å². The van der Waals surface area contributed by atoms with Crippen molar-refractivity contribution in [3.8, 4) is 11.8 Å². The fraction of sp³-hybridized carbons (Fsp3) is 0.381. The Morgan fingerprint density at radius 1 is 1.31 bits per heavy atom. The second-order valence-corrected chi connectivity index (χ2v) is 7.30. The first-order valence-electron chi connectivity index (χ1n) is 9.71. The number of nitrogens with one attached hydrogen (secondary N) is 2. The van der Waals surface area contributed by atoms with Crippen LogP contribution in [-0.2, 0) is 11.3 Å². The number of hydrogen-bond donors (Lipinski definition) is 2. The molecule has 3 heterocycles. The minimum absolute atomic E-state index is 0.00992. The number of aryl methyl sites for hydroxylation is 2. The van der Waals surface area contributed by atoms with Gasteiger partial charge in [-0.2, -0.15) is 5.10 Å². The minimum Gasteiger partial charge on any atom is -0.371 e. The number of nitrogens with zero attached hydrogens (tertiary/aromatic N) is 5. The highest BCUT2D eigenvalue weighted by Crippen LogP contribution is 2.38. The van der Waals surface area contributed by atoms with Gasteiger partial charge in [0.15, 0.2) is 11.6 Å². The topological polar surface area (TPSA) is 97.6 Å². The van der Waals surface area contributed by atoms with Crippen LogP contribution in [0.5, 0.6) is 0 Å². The molecule has 1 aliphatic rings. The highest BCUT2D eigenvalue weighted by atomic mass is 16.2. The van der Waals surface area contributed by atoms with E-state index < -0.39 is 0 Å². The molecule has 148 valence electrons. The number of aromatic nitrogens is 5. The molecule has 0 saturated heterocycles. The fourth-order valence-electron chi connectivity index (χ4n) is 3.22. The normalized spacial score (nSPS) is 17.5. The summed E-state index contributed by atoms with van der Waals surface area (Å²) < 4.78 is 1.86. The first-order chi connectivity index (χ1) is 14.0. The van der Waals surface area contributed by atoms with Crippen LogP contribution < -0.4 is 10.6 Å². The third kappa shape index (κ3) is 3.76. The maximum atomic E-state index is 12.3. The zero-order valence-corrected chi connectivity index (χ0v) is 16.9. The molecule has 2 N–H and O–H groups in total. The summed E-state index contributed by atoms with van der Waals surface area (Å²) in [5.74, 6) is 7.88. The summed E-state index contributed by atoms with van der Waals surface area (Å²) in [7, 11) is 1.78. The monoisotopic (exact) mass is 389 g/mol. The minimum atomic E-state index is -0.00992. The van der Waals surface area contributed by atoms with Crippen LogP contribution in [0.3, 0.4) is 0 Å². The van der Waals surface area contributed by atoms with E-state index in [-0.39, 0.29) is 11.8 Å². The summed E-state index contributed by atoms with van der Waals surface area (Å²) in [6.07, 6.45) is 4.56. The van der Waals surface area contributed by atoms with Crippen LogP contribution in [0.15, 0.2) is 18.5 Å². The number of hydrogen-bond acceptors (Lipinski definition) is 6. The predicted octanol–water partition coefficient (Wildman–Crippen LogP) is 2.59. The number of pyridine rings is 1. The van der Waals surface area contributed by atoms with Gasteiger partial charge in [-0.3, -0.25) is 9.48 Å². The molecule has 3 aromatic rings. The van der Waals surface area contributed by atoms with Crippen molar-refractivity contribution in [2.75, 3.05) is 17.7 Å². The summed E-state index contributed by atoms with van der Waals surface area (Å²) >= 11 is 0. The SMILES string of the molecule is CCn1cc(C#Cc2cnc(NC)c3nnc(NC(=O)[C@H]4C[C@H]4C)cc23)c(C)n1.